The van der Waals surface area contributed by atoms with Crippen molar-refractivity contribution in [1.29, 1.82) is 0 Å². The van der Waals surface area contributed by atoms with Gasteiger partial charge in [-0.2, -0.15) is 0 Å². The van der Waals surface area contributed by atoms with E-state index in [0.717, 1.165) is 38.5 Å². The highest BCUT2D eigenvalue weighted by atomic mass is 16.6. The SMILES string of the molecule is CCCCC[C@@H]1O[C@H]1[C@H](O)/C=C\CCCCCCCC(=O)OC. The average molecular weight is 326 g/mol. The lowest BCUT2D eigenvalue weighted by Crippen LogP contribution is -2.13. The van der Waals surface area contributed by atoms with E-state index in [2.05, 4.69) is 17.7 Å². The topological polar surface area (TPSA) is 59.1 Å². The third-order valence-corrected chi connectivity index (χ3v) is 4.36. The zero-order chi connectivity index (χ0) is 16.9. The Morgan fingerprint density at radius 2 is 1.91 bits per heavy atom. The quantitative estimate of drug-likeness (QED) is 0.225. The second-order valence-electron chi connectivity index (χ2n) is 6.44. The first kappa shape index (κ1) is 20.2. The van der Waals surface area contributed by atoms with E-state index in [4.69, 9.17) is 4.74 Å². The highest BCUT2D eigenvalue weighted by molar-refractivity contribution is 5.68. The molecular weight excluding hydrogens is 292 g/mol. The largest absolute Gasteiger partial charge is 0.469 e. The van der Waals surface area contributed by atoms with Crippen LogP contribution in [0.15, 0.2) is 12.2 Å². The molecule has 0 aliphatic carbocycles. The molecule has 3 atom stereocenters. The van der Waals surface area contributed by atoms with E-state index >= 15 is 0 Å². The van der Waals surface area contributed by atoms with Crippen LogP contribution in [-0.2, 0) is 14.3 Å². The maximum atomic E-state index is 10.9. The monoisotopic (exact) mass is 326 g/mol. The van der Waals surface area contributed by atoms with Crippen LogP contribution in [0.5, 0.6) is 0 Å². The maximum Gasteiger partial charge on any atom is 0.305 e. The van der Waals surface area contributed by atoms with Gasteiger partial charge in [0.15, 0.2) is 0 Å². The van der Waals surface area contributed by atoms with E-state index in [-0.39, 0.29) is 18.2 Å². The van der Waals surface area contributed by atoms with E-state index in [1.54, 1.807) is 0 Å². The molecule has 4 heteroatoms. The van der Waals surface area contributed by atoms with E-state index in [0.29, 0.717) is 6.42 Å². The van der Waals surface area contributed by atoms with Gasteiger partial charge in [-0.1, -0.05) is 57.6 Å². The Balaban J connectivity index is 1.91. The predicted molar refractivity (Wildman–Crippen MR) is 92.3 cm³/mol. The summed E-state index contributed by atoms with van der Waals surface area (Å²) in [6.07, 6.45) is 15.6. The fraction of sp³-hybridized carbons (Fsp3) is 0.842. The Labute approximate surface area is 141 Å². The standard InChI is InChI=1S/C19H34O4/c1-3-4-10-14-17-19(23-17)16(20)13-11-8-6-5-7-9-12-15-18(21)22-2/h11,13,16-17,19-20H,3-10,12,14-15H2,1-2H3/b13-11-/t16-,17+,19+/m1/s1. The highest BCUT2D eigenvalue weighted by Crippen LogP contribution is 2.30. The number of aliphatic hydroxyl groups excluding tert-OH is 1. The van der Waals surface area contributed by atoms with Gasteiger partial charge in [-0.25, -0.2) is 0 Å². The molecule has 0 aromatic rings. The molecule has 0 saturated carbocycles. The van der Waals surface area contributed by atoms with Crippen LogP contribution in [0.25, 0.3) is 0 Å². The third-order valence-electron chi connectivity index (χ3n) is 4.36. The van der Waals surface area contributed by atoms with Crippen molar-refractivity contribution in [3.63, 3.8) is 0 Å². The molecule has 0 aromatic heterocycles. The van der Waals surface area contributed by atoms with Crippen LogP contribution >= 0.6 is 0 Å². The van der Waals surface area contributed by atoms with Crippen molar-refractivity contribution in [1.82, 2.24) is 0 Å². The number of carbonyl (C=O) groups is 1. The number of allylic oxidation sites excluding steroid dienone is 1. The summed E-state index contributed by atoms with van der Waals surface area (Å²) < 4.78 is 10.1. The van der Waals surface area contributed by atoms with Crippen LogP contribution in [0.2, 0.25) is 0 Å². The summed E-state index contributed by atoms with van der Waals surface area (Å²) in [5.74, 6) is -0.114. The van der Waals surface area contributed by atoms with Crippen LogP contribution in [0, 0.1) is 0 Å². The Morgan fingerprint density at radius 3 is 2.65 bits per heavy atom. The minimum atomic E-state index is -0.443. The minimum absolute atomic E-state index is 0.0291. The molecule has 0 amide bonds. The number of rotatable bonds is 14. The molecule has 0 aromatic carbocycles. The normalized spacial score (nSPS) is 21.5. The van der Waals surface area contributed by atoms with Crippen LogP contribution in [0.3, 0.4) is 0 Å². The molecule has 1 saturated heterocycles. The molecule has 23 heavy (non-hydrogen) atoms. The summed E-state index contributed by atoms with van der Waals surface area (Å²) in [6, 6.07) is 0. The number of hydrogen-bond donors (Lipinski definition) is 1. The Hall–Kier alpha value is -0.870. The highest BCUT2D eigenvalue weighted by Gasteiger charge is 2.42. The molecule has 1 fully saturated rings. The van der Waals surface area contributed by atoms with Gasteiger partial charge in [0.1, 0.15) is 12.2 Å². The summed E-state index contributed by atoms with van der Waals surface area (Å²) in [5.41, 5.74) is 0. The maximum absolute atomic E-state index is 10.9. The van der Waals surface area contributed by atoms with Gasteiger partial charge in [-0.05, 0) is 25.7 Å². The van der Waals surface area contributed by atoms with Crippen molar-refractivity contribution < 1.29 is 19.4 Å². The summed E-state index contributed by atoms with van der Waals surface area (Å²) in [6.45, 7) is 2.20. The van der Waals surface area contributed by atoms with Crippen molar-refractivity contribution in [2.75, 3.05) is 7.11 Å². The molecule has 0 radical (unpaired) electrons. The van der Waals surface area contributed by atoms with Gasteiger partial charge in [0.2, 0.25) is 0 Å². The number of unbranched alkanes of at least 4 members (excludes halogenated alkanes) is 7. The number of ether oxygens (including phenoxy) is 2. The zero-order valence-corrected chi connectivity index (χ0v) is 14.8. The Bertz CT molecular complexity index is 340. The zero-order valence-electron chi connectivity index (χ0n) is 14.8. The number of aliphatic hydroxyl groups is 1. The molecule has 4 nitrogen and oxygen atoms in total. The molecule has 0 bridgehead atoms. The first-order chi connectivity index (χ1) is 11.2. The van der Waals surface area contributed by atoms with E-state index in [9.17, 15) is 9.90 Å². The number of methoxy groups -OCH3 is 1. The van der Waals surface area contributed by atoms with Crippen LogP contribution in [0.4, 0.5) is 0 Å². The molecule has 1 heterocycles. The number of esters is 1. The molecule has 0 spiro atoms. The van der Waals surface area contributed by atoms with Gasteiger partial charge in [0.25, 0.3) is 0 Å². The van der Waals surface area contributed by atoms with E-state index < -0.39 is 6.10 Å². The second kappa shape index (κ2) is 12.5. The molecule has 1 aliphatic heterocycles. The summed E-state index contributed by atoms with van der Waals surface area (Å²) >= 11 is 0. The molecule has 1 N–H and O–H groups in total. The minimum Gasteiger partial charge on any atom is -0.469 e. The molecule has 134 valence electrons. The van der Waals surface area contributed by atoms with Gasteiger partial charge in [0.05, 0.1) is 13.2 Å². The fourth-order valence-electron chi connectivity index (χ4n) is 2.79. The lowest BCUT2D eigenvalue weighted by Gasteiger charge is -2.02. The average Bonchev–Trinajstić information content (AvgIpc) is 3.32. The van der Waals surface area contributed by atoms with Crippen molar-refractivity contribution in [2.24, 2.45) is 0 Å². The summed E-state index contributed by atoms with van der Waals surface area (Å²) in [4.78, 5) is 10.9. The molecule has 1 rings (SSSR count). The summed E-state index contributed by atoms with van der Waals surface area (Å²) in [5, 5.41) is 10.0. The smallest absolute Gasteiger partial charge is 0.305 e. The van der Waals surface area contributed by atoms with Gasteiger partial charge in [-0.15, -0.1) is 0 Å². The van der Waals surface area contributed by atoms with E-state index in [1.165, 1.54) is 32.8 Å². The number of carbonyl (C=O) groups excluding carboxylic acids is 1. The van der Waals surface area contributed by atoms with E-state index in [1.807, 2.05) is 6.08 Å². The predicted octanol–water partition coefficient (Wildman–Crippen LogP) is 4.15. The Kier molecular flexibility index (Phi) is 11.0. The van der Waals surface area contributed by atoms with Gasteiger partial charge < -0.3 is 14.6 Å². The van der Waals surface area contributed by atoms with Crippen molar-refractivity contribution in [3.05, 3.63) is 12.2 Å². The van der Waals surface area contributed by atoms with Crippen molar-refractivity contribution in [3.8, 4) is 0 Å². The van der Waals surface area contributed by atoms with Crippen molar-refractivity contribution >= 4 is 5.97 Å². The molecule has 0 unspecified atom stereocenters. The molecular formula is C19H34O4. The van der Waals surface area contributed by atoms with Crippen LogP contribution in [0.1, 0.15) is 77.6 Å². The first-order valence-electron chi connectivity index (χ1n) is 9.26. The lowest BCUT2D eigenvalue weighted by atomic mass is 10.1. The van der Waals surface area contributed by atoms with Crippen LogP contribution < -0.4 is 0 Å². The van der Waals surface area contributed by atoms with Gasteiger partial charge in [-0.3, -0.25) is 4.79 Å². The first-order valence-corrected chi connectivity index (χ1v) is 9.26. The van der Waals surface area contributed by atoms with Gasteiger partial charge in [0, 0.05) is 6.42 Å². The third kappa shape index (κ3) is 9.77. The molecule has 1 aliphatic rings. The second-order valence-corrected chi connectivity index (χ2v) is 6.44. The van der Waals surface area contributed by atoms with Crippen LogP contribution in [-0.4, -0.2) is 36.5 Å². The van der Waals surface area contributed by atoms with Crippen molar-refractivity contribution in [2.45, 2.75) is 95.9 Å². The fourth-order valence-corrected chi connectivity index (χ4v) is 2.79. The lowest BCUT2D eigenvalue weighted by molar-refractivity contribution is -0.140. The summed E-state index contributed by atoms with van der Waals surface area (Å²) in [7, 11) is 1.43. The number of epoxide rings is 1. The number of hydrogen-bond acceptors (Lipinski definition) is 4. The van der Waals surface area contributed by atoms with Gasteiger partial charge >= 0.3 is 5.97 Å². The Morgan fingerprint density at radius 1 is 1.17 bits per heavy atom.